The van der Waals surface area contributed by atoms with E-state index in [1.807, 2.05) is 27.7 Å². The molecule has 0 amide bonds. The minimum atomic E-state index is -4.04. The second-order valence-electron chi connectivity index (χ2n) is 11.5. The topological polar surface area (TPSA) is 139 Å². The zero-order valence-electron chi connectivity index (χ0n) is 25.4. The maximum absolute atomic E-state index is 13.0. The molecule has 0 aliphatic carbocycles. The van der Waals surface area contributed by atoms with Crippen LogP contribution in [0.15, 0.2) is 58.3 Å². The van der Waals surface area contributed by atoms with E-state index in [4.69, 9.17) is 17.8 Å². The van der Waals surface area contributed by atoms with Gasteiger partial charge in [-0.25, -0.2) is 0 Å². The molecule has 10 nitrogen and oxygen atoms in total. The van der Waals surface area contributed by atoms with Gasteiger partial charge in [0.15, 0.2) is 0 Å². The highest BCUT2D eigenvalue weighted by Crippen LogP contribution is 2.32. The van der Waals surface area contributed by atoms with Crippen molar-refractivity contribution in [2.24, 2.45) is 17.3 Å². The fraction of sp³-hybridized carbons (Fsp3) is 0.533. The zero-order valence-corrected chi connectivity index (χ0v) is 27.1. The van der Waals surface area contributed by atoms with E-state index in [1.165, 1.54) is 38.1 Å². The molecule has 0 bridgehead atoms. The van der Waals surface area contributed by atoms with Gasteiger partial charge in [-0.2, -0.15) is 16.8 Å². The molecule has 0 saturated heterocycles. The Morgan fingerprint density at radius 2 is 1.21 bits per heavy atom. The highest BCUT2D eigenvalue weighted by molar-refractivity contribution is 7.87. The third-order valence-corrected chi connectivity index (χ3v) is 9.25. The van der Waals surface area contributed by atoms with E-state index in [0.717, 1.165) is 11.1 Å². The Hall–Kier alpha value is -2.80. The Balaban J connectivity index is 1.93. The van der Waals surface area contributed by atoms with Crippen molar-refractivity contribution in [2.75, 3.05) is 13.2 Å². The molecule has 2 rings (SSSR count). The number of hydrogen-bond donors (Lipinski definition) is 0. The molecule has 0 fully saturated rings. The summed E-state index contributed by atoms with van der Waals surface area (Å²) in [5.74, 6) is -2.15. The van der Waals surface area contributed by atoms with Crippen molar-refractivity contribution in [1.82, 2.24) is 0 Å². The summed E-state index contributed by atoms with van der Waals surface area (Å²) < 4.78 is 71.0. The van der Waals surface area contributed by atoms with Crippen LogP contribution in [-0.2, 0) is 47.7 Å². The summed E-state index contributed by atoms with van der Waals surface area (Å²) >= 11 is 0. The van der Waals surface area contributed by atoms with Gasteiger partial charge in [-0.05, 0) is 78.1 Å². The molecule has 2 aromatic rings. The first-order chi connectivity index (χ1) is 19.3. The molecule has 0 aliphatic heterocycles. The van der Waals surface area contributed by atoms with Crippen LogP contribution in [0.2, 0.25) is 0 Å². The van der Waals surface area contributed by atoms with E-state index < -0.39 is 55.7 Å². The second kappa shape index (κ2) is 14.6. The maximum Gasteiger partial charge on any atom is 0.311 e. The third-order valence-electron chi connectivity index (χ3n) is 6.53. The van der Waals surface area contributed by atoms with Crippen molar-refractivity contribution in [1.29, 1.82) is 0 Å². The number of rotatable bonds is 15. The summed E-state index contributed by atoms with van der Waals surface area (Å²) in [5.41, 5.74) is 0.668. The molecular weight excluding hydrogens is 584 g/mol. The number of carbonyl (C=O) groups is 2. The van der Waals surface area contributed by atoms with Crippen LogP contribution in [0, 0.1) is 31.1 Å². The molecule has 3 atom stereocenters. The molecule has 0 radical (unpaired) electrons. The monoisotopic (exact) mass is 626 g/mol. The van der Waals surface area contributed by atoms with Crippen molar-refractivity contribution in [3.8, 4) is 0 Å². The summed E-state index contributed by atoms with van der Waals surface area (Å²) in [5, 5.41) is 0. The summed E-state index contributed by atoms with van der Waals surface area (Å²) in [7, 11) is -8.07. The van der Waals surface area contributed by atoms with Crippen molar-refractivity contribution in [3.05, 3.63) is 59.7 Å². The molecule has 0 N–H and O–H groups in total. The molecule has 2 aromatic carbocycles. The van der Waals surface area contributed by atoms with Gasteiger partial charge in [0.2, 0.25) is 0 Å². The Morgan fingerprint density at radius 1 is 0.738 bits per heavy atom. The van der Waals surface area contributed by atoms with Crippen LogP contribution in [0.3, 0.4) is 0 Å². The molecule has 42 heavy (non-hydrogen) atoms. The molecule has 3 unspecified atom stereocenters. The quantitative estimate of drug-likeness (QED) is 0.197. The maximum atomic E-state index is 13.0. The van der Waals surface area contributed by atoms with Crippen molar-refractivity contribution in [3.63, 3.8) is 0 Å². The minimum absolute atomic E-state index is 0.000951. The van der Waals surface area contributed by atoms with Crippen molar-refractivity contribution >= 4 is 32.2 Å². The van der Waals surface area contributed by atoms with Crippen LogP contribution in [-0.4, -0.2) is 54.2 Å². The number of esters is 2. The second-order valence-corrected chi connectivity index (χ2v) is 14.7. The lowest BCUT2D eigenvalue weighted by molar-refractivity contribution is -0.164. The van der Waals surface area contributed by atoms with Crippen LogP contribution in [0.4, 0.5) is 0 Å². The smallest absolute Gasteiger partial charge is 0.311 e. The van der Waals surface area contributed by atoms with Crippen LogP contribution < -0.4 is 0 Å². The Kier molecular flexibility index (Phi) is 12.3. The lowest BCUT2D eigenvalue weighted by Crippen LogP contribution is -2.37. The highest BCUT2D eigenvalue weighted by Gasteiger charge is 2.38. The standard InChI is InChI=1S/C30H42O10S2/c1-20(2)27(28(31)37-18-24(6)40-42(35,36)26-15-11-22(4)12-16-26)17-30(7,8)29(32)39-23(5)19-38-41(33,34)25-13-9-21(3)10-14-25/h9-16,20,23-24,27H,17-19H2,1-8H3. The Bertz CT molecular complexity index is 1410. The van der Waals surface area contributed by atoms with E-state index in [2.05, 4.69) is 0 Å². The van der Waals surface area contributed by atoms with E-state index in [0.29, 0.717) is 0 Å². The summed E-state index contributed by atoms with van der Waals surface area (Å²) in [6.07, 6.45) is -1.74. The first-order valence-electron chi connectivity index (χ1n) is 13.7. The lowest BCUT2D eigenvalue weighted by Gasteiger charge is -2.30. The average Bonchev–Trinajstić information content (AvgIpc) is 2.89. The van der Waals surface area contributed by atoms with Gasteiger partial charge in [0.1, 0.15) is 25.4 Å². The number of benzene rings is 2. The SMILES string of the molecule is Cc1ccc(S(=O)(=O)OCC(C)OC(=O)C(C)(C)CC(C(=O)OCC(C)OS(=O)(=O)c2ccc(C)cc2)C(C)C)cc1. The minimum Gasteiger partial charge on any atom is -0.463 e. The average molecular weight is 627 g/mol. The van der Waals surface area contributed by atoms with Crippen LogP contribution in [0.5, 0.6) is 0 Å². The summed E-state index contributed by atoms with van der Waals surface area (Å²) in [4.78, 5) is 26.0. The Labute approximate surface area is 250 Å². The number of aryl methyl sites for hydroxylation is 2. The fourth-order valence-corrected chi connectivity index (χ4v) is 5.91. The Morgan fingerprint density at radius 3 is 1.69 bits per heavy atom. The molecule has 0 heterocycles. The fourth-order valence-electron chi connectivity index (χ4n) is 3.87. The predicted molar refractivity (Wildman–Crippen MR) is 156 cm³/mol. The first kappa shape index (κ1) is 35.4. The van der Waals surface area contributed by atoms with Crippen LogP contribution in [0.25, 0.3) is 0 Å². The van der Waals surface area contributed by atoms with Crippen molar-refractivity contribution in [2.45, 2.75) is 83.8 Å². The van der Waals surface area contributed by atoms with Gasteiger partial charge in [0.25, 0.3) is 20.2 Å². The van der Waals surface area contributed by atoms with Gasteiger partial charge in [-0.15, -0.1) is 0 Å². The van der Waals surface area contributed by atoms with Gasteiger partial charge in [0, 0.05) is 0 Å². The molecule has 0 aliphatic rings. The van der Waals surface area contributed by atoms with Gasteiger partial charge in [0.05, 0.1) is 21.1 Å². The van der Waals surface area contributed by atoms with Gasteiger partial charge >= 0.3 is 11.9 Å². The third kappa shape index (κ3) is 10.5. The normalized spacial score (nSPS) is 14.7. The molecule has 234 valence electrons. The zero-order chi connectivity index (χ0) is 31.9. The molecule has 12 heteroatoms. The first-order valence-corrected chi connectivity index (χ1v) is 16.5. The van der Waals surface area contributed by atoms with E-state index in [-0.39, 0.29) is 35.3 Å². The van der Waals surface area contributed by atoms with Crippen LogP contribution >= 0.6 is 0 Å². The molecule has 0 aromatic heterocycles. The van der Waals surface area contributed by atoms with Gasteiger partial charge < -0.3 is 9.47 Å². The molecular formula is C30H42O10S2. The van der Waals surface area contributed by atoms with Gasteiger partial charge in [-0.1, -0.05) is 49.2 Å². The highest BCUT2D eigenvalue weighted by atomic mass is 32.2. The number of ether oxygens (including phenoxy) is 2. The predicted octanol–water partition coefficient (Wildman–Crippen LogP) is 4.97. The lowest BCUT2D eigenvalue weighted by atomic mass is 9.78. The number of hydrogen-bond acceptors (Lipinski definition) is 10. The van der Waals surface area contributed by atoms with E-state index >= 15 is 0 Å². The van der Waals surface area contributed by atoms with E-state index in [9.17, 15) is 26.4 Å². The molecule has 0 spiro atoms. The summed E-state index contributed by atoms with van der Waals surface area (Å²) in [6.45, 7) is 12.8. The van der Waals surface area contributed by atoms with Crippen LogP contribution in [0.1, 0.15) is 59.1 Å². The van der Waals surface area contributed by atoms with Gasteiger partial charge in [-0.3, -0.25) is 18.0 Å². The number of carbonyl (C=O) groups excluding carboxylic acids is 2. The van der Waals surface area contributed by atoms with E-state index in [1.54, 1.807) is 38.1 Å². The van der Waals surface area contributed by atoms with Crippen molar-refractivity contribution < 1.29 is 44.3 Å². The molecule has 0 saturated carbocycles. The largest absolute Gasteiger partial charge is 0.463 e. The summed E-state index contributed by atoms with van der Waals surface area (Å²) in [6, 6.07) is 12.4.